The quantitative estimate of drug-likeness (QED) is 0.589. The van der Waals surface area contributed by atoms with Crippen LogP contribution in [0.15, 0.2) is 48.3 Å². The van der Waals surface area contributed by atoms with Crippen LogP contribution in [-0.4, -0.2) is 20.8 Å². The van der Waals surface area contributed by atoms with Crippen LogP contribution in [-0.2, 0) is 0 Å². The van der Waals surface area contributed by atoms with Crippen LogP contribution in [0.2, 0.25) is 0 Å². The Morgan fingerprint density at radius 3 is 2.83 bits per heavy atom. The van der Waals surface area contributed by atoms with Gasteiger partial charge in [0.25, 0.3) is 0 Å². The highest BCUT2D eigenvalue weighted by Crippen LogP contribution is 2.63. The lowest BCUT2D eigenvalue weighted by Crippen LogP contribution is -2.45. The number of fused-ring (bicyclic) bond motifs is 6. The first-order chi connectivity index (χ1) is 14.6. The van der Waals surface area contributed by atoms with E-state index in [-0.39, 0.29) is 11.5 Å². The van der Waals surface area contributed by atoms with E-state index in [2.05, 4.69) is 59.8 Å². The number of nitrogens with zero attached hydrogens (tertiary/aromatic N) is 2. The Morgan fingerprint density at radius 2 is 1.93 bits per heavy atom. The molecule has 3 heteroatoms. The third-order valence-electron chi connectivity index (χ3n) is 9.33. The molecule has 7 atom stereocenters. The first-order valence-electron chi connectivity index (χ1n) is 12.1. The van der Waals surface area contributed by atoms with Crippen molar-refractivity contribution in [2.75, 3.05) is 0 Å². The molecule has 0 amide bonds. The third-order valence-corrected chi connectivity index (χ3v) is 9.33. The lowest BCUT2D eigenvalue weighted by Gasteiger charge is -2.53. The smallest absolute Gasteiger partial charge is 0.100 e. The zero-order valence-corrected chi connectivity index (χ0v) is 18.3. The van der Waals surface area contributed by atoms with Crippen LogP contribution >= 0.6 is 0 Å². The molecule has 0 radical (unpaired) electrons. The van der Waals surface area contributed by atoms with Crippen LogP contribution in [0.5, 0.6) is 0 Å². The molecule has 1 N–H and O–H groups in total. The van der Waals surface area contributed by atoms with Crippen molar-refractivity contribution in [2.24, 2.45) is 35.0 Å². The third kappa shape index (κ3) is 2.64. The summed E-state index contributed by atoms with van der Waals surface area (Å²) >= 11 is 0. The Labute approximate surface area is 179 Å². The maximum Gasteiger partial charge on any atom is 0.100 e. The SMILES string of the molecule is C[C@@H]1CC[C@H](O)CC2=CCC3C(CC[C@]4(C)C(n5cnc6ccccc65)=CCC34)C21. The van der Waals surface area contributed by atoms with Crippen LogP contribution in [0.1, 0.15) is 58.8 Å². The zero-order valence-electron chi connectivity index (χ0n) is 18.3. The molecule has 4 aliphatic rings. The van der Waals surface area contributed by atoms with Gasteiger partial charge in [-0.3, -0.25) is 0 Å². The van der Waals surface area contributed by atoms with E-state index in [0.29, 0.717) is 11.8 Å². The van der Waals surface area contributed by atoms with E-state index >= 15 is 0 Å². The number of benzene rings is 1. The van der Waals surface area contributed by atoms with Crippen LogP contribution in [0.25, 0.3) is 16.7 Å². The normalized spacial score (nSPS) is 40.8. The van der Waals surface area contributed by atoms with E-state index in [0.717, 1.165) is 36.1 Å². The van der Waals surface area contributed by atoms with Gasteiger partial charge in [0.2, 0.25) is 0 Å². The fraction of sp³-hybridized carbons (Fsp3) is 0.593. The van der Waals surface area contributed by atoms with Crippen molar-refractivity contribution in [2.45, 2.75) is 64.9 Å². The highest BCUT2D eigenvalue weighted by atomic mass is 16.3. The maximum atomic E-state index is 10.4. The highest BCUT2D eigenvalue weighted by Gasteiger charge is 2.54. The Hall–Kier alpha value is -1.87. The van der Waals surface area contributed by atoms with Crippen LogP contribution in [0, 0.1) is 35.0 Å². The van der Waals surface area contributed by atoms with Crippen molar-refractivity contribution in [3.05, 3.63) is 48.3 Å². The van der Waals surface area contributed by atoms with Crippen molar-refractivity contribution >= 4 is 16.7 Å². The van der Waals surface area contributed by atoms with Gasteiger partial charge in [-0.25, -0.2) is 4.98 Å². The standard InChI is InChI=1S/C27H34N2O/c1-17-7-9-19(30)15-18-8-10-20-21(26(17)18)13-14-27(2)22(20)11-12-25(27)29-16-28-23-5-3-4-6-24(23)29/h3-6,8,12,16-17,19-22,26,30H,7,9-11,13-15H2,1-2H3/t17-,19+,20?,21?,22?,26?,27+/m1/s1. The van der Waals surface area contributed by atoms with Crippen molar-refractivity contribution in [3.8, 4) is 0 Å². The van der Waals surface area contributed by atoms with Crippen molar-refractivity contribution in [1.29, 1.82) is 0 Å². The maximum absolute atomic E-state index is 10.4. The van der Waals surface area contributed by atoms with Crippen LogP contribution in [0.4, 0.5) is 0 Å². The van der Waals surface area contributed by atoms with E-state index in [1.165, 1.54) is 43.3 Å². The number of aromatic nitrogens is 2. The second kappa shape index (κ2) is 6.82. The second-order valence-corrected chi connectivity index (χ2v) is 10.8. The first-order valence-corrected chi connectivity index (χ1v) is 12.1. The summed E-state index contributed by atoms with van der Waals surface area (Å²) in [6.45, 7) is 4.98. The molecule has 1 aromatic heterocycles. The van der Waals surface area contributed by atoms with Gasteiger partial charge >= 0.3 is 0 Å². The molecule has 30 heavy (non-hydrogen) atoms. The van der Waals surface area contributed by atoms with Gasteiger partial charge in [-0.15, -0.1) is 0 Å². The molecular weight excluding hydrogens is 368 g/mol. The minimum absolute atomic E-state index is 0.122. The highest BCUT2D eigenvalue weighted by molar-refractivity contribution is 5.80. The van der Waals surface area contributed by atoms with Crippen LogP contribution < -0.4 is 0 Å². The molecule has 1 aromatic carbocycles. The molecule has 158 valence electrons. The molecule has 0 aliphatic heterocycles. The molecule has 4 unspecified atom stereocenters. The number of imidazole rings is 1. The summed E-state index contributed by atoms with van der Waals surface area (Å²) in [7, 11) is 0. The van der Waals surface area contributed by atoms with Gasteiger partial charge in [-0.1, -0.05) is 43.7 Å². The Balaban J connectivity index is 1.34. The Bertz CT molecular complexity index is 1030. The van der Waals surface area contributed by atoms with E-state index in [1.807, 2.05) is 6.33 Å². The summed E-state index contributed by atoms with van der Waals surface area (Å²) in [6, 6.07) is 8.53. The number of aliphatic hydroxyl groups excluding tert-OH is 1. The van der Waals surface area contributed by atoms with E-state index < -0.39 is 0 Å². The topological polar surface area (TPSA) is 38.0 Å². The molecule has 2 saturated carbocycles. The number of hydrogen-bond acceptors (Lipinski definition) is 2. The minimum Gasteiger partial charge on any atom is -0.393 e. The molecule has 0 spiro atoms. The predicted octanol–water partition coefficient (Wildman–Crippen LogP) is 6.06. The Kier molecular flexibility index (Phi) is 4.29. The summed E-state index contributed by atoms with van der Waals surface area (Å²) in [4.78, 5) is 4.68. The molecule has 2 aromatic rings. The first kappa shape index (κ1) is 18.9. The van der Waals surface area contributed by atoms with Gasteiger partial charge in [0.05, 0.1) is 17.1 Å². The molecular formula is C27H34N2O. The molecule has 6 rings (SSSR count). The van der Waals surface area contributed by atoms with Gasteiger partial charge in [-0.2, -0.15) is 0 Å². The molecule has 3 nitrogen and oxygen atoms in total. The predicted molar refractivity (Wildman–Crippen MR) is 122 cm³/mol. The fourth-order valence-corrected chi connectivity index (χ4v) is 7.89. The summed E-state index contributed by atoms with van der Waals surface area (Å²) in [5.74, 6) is 3.71. The largest absolute Gasteiger partial charge is 0.393 e. The molecule has 2 fully saturated rings. The zero-order chi connectivity index (χ0) is 20.5. The number of para-hydroxylation sites is 2. The fourth-order valence-electron chi connectivity index (χ4n) is 7.89. The number of hydrogen-bond donors (Lipinski definition) is 1. The second-order valence-electron chi connectivity index (χ2n) is 10.8. The van der Waals surface area contributed by atoms with Crippen molar-refractivity contribution in [3.63, 3.8) is 0 Å². The molecule has 0 bridgehead atoms. The lowest BCUT2D eigenvalue weighted by molar-refractivity contribution is 0.0210. The van der Waals surface area contributed by atoms with Gasteiger partial charge in [0.1, 0.15) is 6.33 Å². The van der Waals surface area contributed by atoms with E-state index in [4.69, 9.17) is 0 Å². The summed E-state index contributed by atoms with van der Waals surface area (Å²) in [5.41, 5.74) is 5.65. The molecule has 0 saturated heterocycles. The molecule has 1 heterocycles. The van der Waals surface area contributed by atoms with Crippen molar-refractivity contribution < 1.29 is 5.11 Å². The van der Waals surface area contributed by atoms with Gasteiger partial charge in [0.15, 0.2) is 0 Å². The Morgan fingerprint density at radius 1 is 1.07 bits per heavy atom. The summed E-state index contributed by atoms with van der Waals surface area (Å²) in [5, 5.41) is 10.4. The van der Waals surface area contributed by atoms with Crippen molar-refractivity contribution in [1.82, 2.24) is 9.55 Å². The summed E-state index contributed by atoms with van der Waals surface area (Å²) in [6.07, 6.45) is 15.1. The van der Waals surface area contributed by atoms with E-state index in [1.54, 1.807) is 5.57 Å². The average molecular weight is 403 g/mol. The van der Waals surface area contributed by atoms with E-state index in [9.17, 15) is 5.11 Å². The van der Waals surface area contributed by atoms with Crippen LogP contribution in [0.3, 0.4) is 0 Å². The minimum atomic E-state index is -0.122. The monoisotopic (exact) mass is 402 g/mol. The molecule has 4 aliphatic carbocycles. The summed E-state index contributed by atoms with van der Waals surface area (Å²) < 4.78 is 2.38. The van der Waals surface area contributed by atoms with Gasteiger partial charge in [0, 0.05) is 11.1 Å². The average Bonchev–Trinajstić information content (AvgIpc) is 3.28. The number of rotatable bonds is 1. The van der Waals surface area contributed by atoms with Gasteiger partial charge in [-0.05, 0) is 86.7 Å². The lowest BCUT2D eigenvalue weighted by atomic mass is 9.52. The van der Waals surface area contributed by atoms with Gasteiger partial charge < -0.3 is 9.67 Å². The number of allylic oxidation sites excluding steroid dienone is 3. The number of aliphatic hydroxyl groups is 1.